The zero-order valence-electron chi connectivity index (χ0n) is 14.9. The van der Waals surface area contributed by atoms with Crippen LogP contribution in [0.3, 0.4) is 0 Å². The van der Waals surface area contributed by atoms with Gasteiger partial charge in [-0.1, -0.05) is 6.07 Å². The molecule has 25 heavy (non-hydrogen) atoms. The van der Waals surface area contributed by atoms with Gasteiger partial charge >= 0.3 is 5.69 Å². The predicted molar refractivity (Wildman–Crippen MR) is 94.9 cm³/mol. The molecule has 1 aliphatic rings. The molecular formula is C18H24N4O3. The summed E-state index contributed by atoms with van der Waals surface area (Å²) in [6, 6.07) is 5.53. The second-order valence-corrected chi connectivity index (χ2v) is 6.49. The van der Waals surface area contributed by atoms with E-state index in [4.69, 9.17) is 4.74 Å². The molecule has 3 rings (SSSR count). The second kappa shape index (κ2) is 7.23. The summed E-state index contributed by atoms with van der Waals surface area (Å²) < 4.78 is 7.55. The topological polar surface area (TPSA) is 82.2 Å². The summed E-state index contributed by atoms with van der Waals surface area (Å²) in [6.45, 7) is 7.14. The third kappa shape index (κ3) is 3.82. The van der Waals surface area contributed by atoms with Gasteiger partial charge in [0.25, 0.3) is 0 Å². The largest absolute Gasteiger partial charge is 0.487 e. The van der Waals surface area contributed by atoms with Crippen LogP contribution in [0.1, 0.15) is 43.4 Å². The fourth-order valence-corrected chi connectivity index (χ4v) is 3.40. The van der Waals surface area contributed by atoms with Gasteiger partial charge in [-0.3, -0.25) is 10.1 Å². The van der Waals surface area contributed by atoms with Crippen molar-refractivity contribution < 1.29 is 9.66 Å². The van der Waals surface area contributed by atoms with E-state index in [0.717, 1.165) is 36.5 Å². The number of hydrogen-bond acceptors (Lipinski definition) is 5. The minimum atomic E-state index is -0.387. The van der Waals surface area contributed by atoms with Crippen LogP contribution in [0.5, 0.6) is 5.75 Å². The molecule has 0 saturated heterocycles. The minimum Gasteiger partial charge on any atom is -0.487 e. The molecule has 134 valence electrons. The minimum absolute atomic E-state index is 0.0177. The van der Waals surface area contributed by atoms with E-state index in [1.165, 1.54) is 0 Å². The van der Waals surface area contributed by atoms with Crippen LogP contribution >= 0.6 is 0 Å². The Morgan fingerprint density at radius 3 is 3.04 bits per heavy atom. The molecule has 1 aromatic carbocycles. The summed E-state index contributed by atoms with van der Waals surface area (Å²) in [5.41, 5.74) is 1.96. The molecule has 0 fully saturated rings. The van der Waals surface area contributed by atoms with Crippen LogP contribution in [0.4, 0.5) is 5.69 Å². The van der Waals surface area contributed by atoms with Crippen LogP contribution < -0.4 is 10.1 Å². The highest BCUT2D eigenvalue weighted by atomic mass is 16.6. The Labute approximate surface area is 147 Å². The van der Waals surface area contributed by atoms with Gasteiger partial charge in [0, 0.05) is 37.3 Å². The first-order chi connectivity index (χ1) is 12.0. The number of imidazole rings is 1. The predicted octanol–water partition coefficient (Wildman–Crippen LogP) is 3.16. The highest BCUT2D eigenvalue weighted by Gasteiger charge is 2.23. The van der Waals surface area contributed by atoms with Crippen molar-refractivity contribution in [1.82, 2.24) is 14.9 Å². The Morgan fingerprint density at radius 1 is 1.52 bits per heavy atom. The quantitative estimate of drug-likeness (QED) is 0.643. The van der Waals surface area contributed by atoms with Gasteiger partial charge in [-0.05, 0) is 38.8 Å². The van der Waals surface area contributed by atoms with Crippen LogP contribution in [0.25, 0.3) is 0 Å². The van der Waals surface area contributed by atoms with E-state index in [1.807, 2.05) is 26.8 Å². The van der Waals surface area contributed by atoms with Gasteiger partial charge < -0.3 is 14.6 Å². The third-order valence-corrected chi connectivity index (χ3v) is 4.58. The maximum absolute atomic E-state index is 11.3. The SMILES string of the molecule is CCOc1ccc([C@H](C)N[C@@H]2CCc3nc(C)cn3C2)cc1[N+](=O)[O-]. The van der Waals surface area contributed by atoms with E-state index in [9.17, 15) is 10.1 Å². The van der Waals surface area contributed by atoms with Crippen LogP contribution in [0.15, 0.2) is 24.4 Å². The molecular weight excluding hydrogens is 320 g/mol. The van der Waals surface area contributed by atoms with Crippen molar-refractivity contribution in [3.05, 3.63) is 51.6 Å². The van der Waals surface area contributed by atoms with Gasteiger partial charge in [0.1, 0.15) is 5.82 Å². The number of benzene rings is 1. The zero-order chi connectivity index (χ0) is 18.0. The van der Waals surface area contributed by atoms with E-state index >= 15 is 0 Å². The van der Waals surface area contributed by atoms with Gasteiger partial charge in [0.15, 0.2) is 5.75 Å². The molecule has 0 radical (unpaired) electrons. The Balaban J connectivity index is 1.72. The molecule has 2 heterocycles. The molecule has 0 unspecified atom stereocenters. The zero-order valence-corrected chi connectivity index (χ0v) is 14.9. The molecule has 7 heteroatoms. The summed E-state index contributed by atoms with van der Waals surface area (Å²) in [5, 5.41) is 14.9. The monoisotopic (exact) mass is 344 g/mol. The Morgan fingerprint density at radius 2 is 2.32 bits per heavy atom. The van der Waals surface area contributed by atoms with Crippen molar-refractivity contribution >= 4 is 5.69 Å². The Bertz CT molecular complexity index is 772. The number of rotatable bonds is 6. The number of nitro benzene ring substituents is 1. The van der Waals surface area contributed by atoms with Gasteiger partial charge in [-0.15, -0.1) is 0 Å². The third-order valence-electron chi connectivity index (χ3n) is 4.58. The first kappa shape index (κ1) is 17.4. The smallest absolute Gasteiger partial charge is 0.311 e. The van der Waals surface area contributed by atoms with Crippen molar-refractivity contribution in [2.75, 3.05) is 6.61 Å². The molecule has 2 aromatic rings. The summed E-state index contributed by atoms with van der Waals surface area (Å²) in [5.74, 6) is 1.46. The lowest BCUT2D eigenvalue weighted by Crippen LogP contribution is -2.38. The Kier molecular flexibility index (Phi) is 5.03. The van der Waals surface area contributed by atoms with Crippen LogP contribution in [0.2, 0.25) is 0 Å². The molecule has 0 spiro atoms. The lowest BCUT2D eigenvalue weighted by atomic mass is 10.0. The van der Waals surface area contributed by atoms with Crippen molar-refractivity contribution in [2.45, 2.75) is 52.2 Å². The molecule has 1 N–H and O–H groups in total. The molecule has 7 nitrogen and oxygen atoms in total. The van der Waals surface area contributed by atoms with Crippen LogP contribution in [-0.2, 0) is 13.0 Å². The first-order valence-electron chi connectivity index (χ1n) is 8.67. The maximum atomic E-state index is 11.3. The summed E-state index contributed by atoms with van der Waals surface area (Å²) in [7, 11) is 0. The van der Waals surface area contributed by atoms with E-state index in [1.54, 1.807) is 12.1 Å². The number of ether oxygens (including phenoxy) is 1. The number of fused-ring (bicyclic) bond motifs is 1. The fourth-order valence-electron chi connectivity index (χ4n) is 3.40. The molecule has 1 aromatic heterocycles. The van der Waals surface area contributed by atoms with Crippen molar-refractivity contribution in [3.8, 4) is 5.75 Å². The molecule has 0 bridgehead atoms. The lowest BCUT2D eigenvalue weighted by molar-refractivity contribution is -0.385. The van der Waals surface area contributed by atoms with Gasteiger partial charge in [-0.2, -0.15) is 0 Å². The number of nitro groups is 1. The van der Waals surface area contributed by atoms with E-state index in [-0.39, 0.29) is 16.7 Å². The Hall–Kier alpha value is -2.41. The number of nitrogens with one attached hydrogen (secondary N) is 1. The van der Waals surface area contributed by atoms with Crippen molar-refractivity contribution in [2.24, 2.45) is 0 Å². The van der Waals surface area contributed by atoms with E-state index in [2.05, 4.69) is 21.1 Å². The lowest BCUT2D eigenvalue weighted by Gasteiger charge is -2.28. The summed E-state index contributed by atoms with van der Waals surface area (Å²) in [4.78, 5) is 15.4. The average Bonchev–Trinajstić information content (AvgIpc) is 2.94. The number of nitrogens with zero attached hydrogens (tertiary/aromatic N) is 3. The number of hydrogen-bond donors (Lipinski definition) is 1. The first-order valence-corrected chi connectivity index (χ1v) is 8.67. The second-order valence-electron chi connectivity index (χ2n) is 6.49. The number of aryl methyl sites for hydroxylation is 2. The van der Waals surface area contributed by atoms with Gasteiger partial charge in [0.2, 0.25) is 0 Å². The number of aromatic nitrogens is 2. The van der Waals surface area contributed by atoms with Crippen LogP contribution in [-0.4, -0.2) is 27.1 Å². The van der Waals surface area contributed by atoms with Crippen LogP contribution in [0, 0.1) is 17.0 Å². The van der Waals surface area contributed by atoms with E-state index < -0.39 is 0 Å². The highest BCUT2D eigenvalue weighted by molar-refractivity contribution is 5.49. The maximum Gasteiger partial charge on any atom is 0.311 e. The van der Waals surface area contributed by atoms with Crippen molar-refractivity contribution in [3.63, 3.8) is 0 Å². The normalized spacial score (nSPS) is 17.8. The van der Waals surface area contributed by atoms with Gasteiger partial charge in [-0.25, -0.2) is 4.98 Å². The molecule has 0 aliphatic carbocycles. The molecule has 0 saturated carbocycles. The standard InChI is InChI=1S/C18H24N4O3/c1-4-25-17-7-5-14(9-16(17)22(23)24)13(3)20-15-6-8-18-19-12(2)10-21(18)11-15/h5,7,9-10,13,15,20H,4,6,8,11H2,1-3H3/t13-,15+/m0/s1. The molecule has 2 atom stereocenters. The van der Waals surface area contributed by atoms with Gasteiger partial charge in [0.05, 0.1) is 17.2 Å². The molecule has 0 amide bonds. The molecule has 1 aliphatic heterocycles. The van der Waals surface area contributed by atoms with E-state index in [0.29, 0.717) is 18.4 Å². The summed E-state index contributed by atoms with van der Waals surface area (Å²) in [6.07, 6.45) is 4.04. The highest BCUT2D eigenvalue weighted by Crippen LogP contribution is 2.30. The van der Waals surface area contributed by atoms with Crippen molar-refractivity contribution in [1.29, 1.82) is 0 Å². The summed E-state index contributed by atoms with van der Waals surface area (Å²) >= 11 is 0. The average molecular weight is 344 g/mol. The fraction of sp³-hybridized carbons (Fsp3) is 0.500.